The second-order valence-corrected chi connectivity index (χ2v) is 6.63. The second kappa shape index (κ2) is 11.2. The predicted octanol–water partition coefficient (Wildman–Crippen LogP) is 3.05. The molecule has 0 bridgehead atoms. The van der Waals surface area contributed by atoms with Gasteiger partial charge in [-0.05, 0) is 38.0 Å². The molecule has 2 aromatic rings. The highest BCUT2D eigenvalue weighted by molar-refractivity contribution is 14.0. The molecule has 0 spiro atoms. The van der Waals surface area contributed by atoms with Gasteiger partial charge in [-0.25, -0.2) is 0 Å². The number of ether oxygens (including phenoxy) is 1. The van der Waals surface area contributed by atoms with Crippen LogP contribution >= 0.6 is 24.0 Å². The minimum Gasteiger partial charge on any atom is -0.377 e. The molecule has 27 heavy (non-hydrogen) atoms. The van der Waals surface area contributed by atoms with Crippen molar-refractivity contribution in [1.29, 1.82) is 0 Å². The number of guanidine groups is 1. The van der Waals surface area contributed by atoms with E-state index in [1.807, 2.05) is 32.9 Å². The third-order valence-electron chi connectivity index (χ3n) is 4.15. The molecule has 1 aromatic carbocycles. The van der Waals surface area contributed by atoms with E-state index in [0.29, 0.717) is 12.4 Å². The number of rotatable bonds is 8. The van der Waals surface area contributed by atoms with Crippen molar-refractivity contribution in [1.82, 2.24) is 20.8 Å². The van der Waals surface area contributed by atoms with Crippen LogP contribution in [-0.4, -0.2) is 48.9 Å². The Balaban J connectivity index is 0.00000364. The molecule has 0 atom stereocenters. The van der Waals surface area contributed by atoms with Gasteiger partial charge in [0.05, 0.1) is 5.60 Å². The Labute approximate surface area is 178 Å². The molecule has 1 heterocycles. The Bertz CT molecular complexity index is 713. The average molecular weight is 487 g/mol. The lowest BCUT2D eigenvalue weighted by molar-refractivity contribution is 0.0268. The van der Waals surface area contributed by atoms with Crippen molar-refractivity contribution in [2.75, 3.05) is 27.2 Å². The normalized spacial score (nSPS) is 11.8. The summed E-state index contributed by atoms with van der Waals surface area (Å²) in [5.41, 5.74) is 1.93. The minimum absolute atomic E-state index is 0. The van der Waals surface area contributed by atoms with E-state index in [9.17, 15) is 0 Å². The first-order chi connectivity index (χ1) is 12.5. The summed E-state index contributed by atoms with van der Waals surface area (Å²) in [4.78, 5) is 8.58. The summed E-state index contributed by atoms with van der Waals surface area (Å²) in [7, 11) is 3.47. The molecule has 0 aliphatic rings. The largest absolute Gasteiger partial charge is 0.377 e. The van der Waals surface area contributed by atoms with Crippen LogP contribution in [-0.2, 0) is 17.6 Å². The van der Waals surface area contributed by atoms with Gasteiger partial charge in [-0.3, -0.25) is 4.99 Å². The van der Waals surface area contributed by atoms with Crippen LogP contribution in [0.25, 0.3) is 11.5 Å². The van der Waals surface area contributed by atoms with Crippen LogP contribution in [0.5, 0.6) is 0 Å². The van der Waals surface area contributed by atoms with Gasteiger partial charge in [-0.15, -0.1) is 24.0 Å². The van der Waals surface area contributed by atoms with E-state index in [1.165, 1.54) is 5.56 Å². The molecule has 2 N–H and O–H groups in total. The SMILES string of the molecule is CCc1noc(-c2ccc(CCNC(=NC)NCC(C)(C)OC)cc2)n1.I. The van der Waals surface area contributed by atoms with E-state index in [4.69, 9.17) is 9.26 Å². The molecule has 2 rings (SSSR count). The van der Waals surface area contributed by atoms with E-state index in [1.54, 1.807) is 14.2 Å². The molecule has 0 radical (unpaired) electrons. The van der Waals surface area contributed by atoms with Crippen molar-refractivity contribution >= 4 is 29.9 Å². The summed E-state index contributed by atoms with van der Waals surface area (Å²) in [6.45, 7) is 7.53. The maximum Gasteiger partial charge on any atom is 0.257 e. The van der Waals surface area contributed by atoms with Crippen molar-refractivity contribution in [3.8, 4) is 11.5 Å². The number of halogens is 1. The summed E-state index contributed by atoms with van der Waals surface area (Å²) in [5, 5.41) is 10.5. The summed E-state index contributed by atoms with van der Waals surface area (Å²) in [6, 6.07) is 8.18. The first-order valence-electron chi connectivity index (χ1n) is 8.89. The fourth-order valence-electron chi connectivity index (χ4n) is 2.24. The highest BCUT2D eigenvalue weighted by Crippen LogP contribution is 2.18. The van der Waals surface area contributed by atoms with E-state index < -0.39 is 0 Å². The van der Waals surface area contributed by atoms with Gasteiger partial charge in [0.1, 0.15) is 0 Å². The van der Waals surface area contributed by atoms with Crippen LogP contribution in [0.3, 0.4) is 0 Å². The fraction of sp³-hybridized carbons (Fsp3) is 0.526. The zero-order valence-corrected chi connectivity index (χ0v) is 19.0. The Morgan fingerprint density at radius 3 is 2.48 bits per heavy atom. The molecule has 1 aromatic heterocycles. The van der Waals surface area contributed by atoms with Gasteiger partial charge in [0, 0.05) is 39.2 Å². The minimum atomic E-state index is -0.236. The average Bonchev–Trinajstić information content (AvgIpc) is 3.14. The summed E-state index contributed by atoms with van der Waals surface area (Å²) in [5.74, 6) is 2.06. The first-order valence-corrected chi connectivity index (χ1v) is 8.89. The van der Waals surface area contributed by atoms with Crippen LogP contribution in [0, 0.1) is 0 Å². The maximum atomic E-state index is 5.40. The standard InChI is InChI=1S/C19H29N5O2.HI/c1-6-16-23-17(26-24-16)15-9-7-14(8-10-15)11-12-21-18(20-4)22-13-19(2,3)25-5;/h7-10H,6,11-13H2,1-5H3,(H2,20,21,22);1H. The Hall–Kier alpha value is -1.68. The number of aliphatic imine (C=N–C) groups is 1. The van der Waals surface area contributed by atoms with Gasteiger partial charge in [0.15, 0.2) is 11.8 Å². The van der Waals surface area contributed by atoms with Crippen LogP contribution < -0.4 is 10.6 Å². The summed E-state index contributed by atoms with van der Waals surface area (Å²) < 4.78 is 10.7. The number of methoxy groups -OCH3 is 1. The molecule has 0 saturated heterocycles. The van der Waals surface area contributed by atoms with Gasteiger partial charge < -0.3 is 19.9 Å². The smallest absolute Gasteiger partial charge is 0.257 e. The monoisotopic (exact) mass is 487 g/mol. The van der Waals surface area contributed by atoms with Crippen LogP contribution in [0.15, 0.2) is 33.8 Å². The Morgan fingerprint density at radius 2 is 1.93 bits per heavy atom. The quantitative estimate of drug-likeness (QED) is 0.338. The molecular weight excluding hydrogens is 457 g/mol. The molecule has 150 valence electrons. The fourth-order valence-corrected chi connectivity index (χ4v) is 2.24. The molecule has 0 unspecified atom stereocenters. The van der Waals surface area contributed by atoms with E-state index in [2.05, 4.69) is 37.9 Å². The van der Waals surface area contributed by atoms with Crippen molar-refractivity contribution in [3.63, 3.8) is 0 Å². The van der Waals surface area contributed by atoms with Gasteiger partial charge in [0.25, 0.3) is 5.89 Å². The first kappa shape index (κ1) is 23.4. The van der Waals surface area contributed by atoms with Crippen LogP contribution in [0.4, 0.5) is 0 Å². The van der Waals surface area contributed by atoms with E-state index in [0.717, 1.165) is 36.7 Å². The van der Waals surface area contributed by atoms with Crippen molar-refractivity contribution in [3.05, 3.63) is 35.7 Å². The molecule has 0 saturated carbocycles. The number of aromatic nitrogens is 2. The van der Waals surface area contributed by atoms with Gasteiger partial charge in [-0.1, -0.05) is 24.2 Å². The Morgan fingerprint density at radius 1 is 1.22 bits per heavy atom. The summed E-state index contributed by atoms with van der Waals surface area (Å²) in [6.07, 6.45) is 1.66. The van der Waals surface area contributed by atoms with E-state index >= 15 is 0 Å². The molecule has 7 nitrogen and oxygen atoms in total. The number of nitrogens with zero attached hydrogens (tertiary/aromatic N) is 3. The highest BCUT2D eigenvalue weighted by atomic mass is 127. The molecule has 0 aliphatic carbocycles. The summed E-state index contributed by atoms with van der Waals surface area (Å²) >= 11 is 0. The third-order valence-corrected chi connectivity index (χ3v) is 4.15. The van der Waals surface area contributed by atoms with E-state index in [-0.39, 0.29) is 29.6 Å². The number of benzene rings is 1. The van der Waals surface area contributed by atoms with Gasteiger partial charge in [-0.2, -0.15) is 4.98 Å². The van der Waals surface area contributed by atoms with Crippen LogP contribution in [0.1, 0.15) is 32.2 Å². The molecular formula is C19H30IN5O2. The van der Waals surface area contributed by atoms with Crippen LogP contribution in [0.2, 0.25) is 0 Å². The van der Waals surface area contributed by atoms with Gasteiger partial charge in [0.2, 0.25) is 0 Å². The third kappa shape index (κ3) is 7.45. The lowest BCUT2D eigenvalue weighted by atomic mass is 10.1. The topological polar surface area (TPSA) is 84.6 Å². The highest BCUT2D eigenvalue weighted by Gasteiger charge is 2.16. The molecule has 8 heteroatoms. The number of hydrogen-bond acceptors (Lipinski definition) is 5. The molecule has 0 aliphatic heterocycles. The van der Waals surface area contributed by atoms with Gasteiger partial charge >= 0.3 is 0 Å². The zero-order valence-electron chi connectivity index (χ0n) is 16.7. The number of hydrogen-bond donors (Lipinski definition) is 2. The number of aryl methyl sites for hydroxylation is 1. The lowest BCUT2D eigenvalue weighted by Crippen LogP contribution is -2.45. The Kier molecular flexibility index (Phi) is 9.71. The van der Waals surface area contributed by atoms with Crippen molar-refractivity contribution in [2.45, 2.75) is 39.2 Å². The predicted molar refractivity (Wildman–Crippen MR) is 119 cm³/mol. The number of nitrogens with one attached hydrogen (secondary N) is 2. The lowest BCUT2D eigenvalue weighted by Gasteiger charge is -2.24. The maximum absolute atomic E-state index is 5.40. The van der Waals surface area contributed by atoms with Crippen molar-refractivity contribution in [2.24, 2.45) is 4.99 Å². The zero-order chi connectivity index (χ0) is 19.0. The second-order valence-electron chi connectivity index (χ2n) is 6.63. The van der Waals surface area contributed by atoms with Crippen molar-refractivity contribution < 1.29 is 9.26 Å². The molecule has 0 fully saturated rings. The molecule has 0 amide bonds.